The number of nitrogens with zero attached hydrogens (tertiary/aromatic N) is 3. The summed E-state index contributed by atoms with van der Waals surface area (Å²) < 4.78 is 5.89. The number of oxazole rings is 1. The molecule has 0 radical (unpaired) electrons. The van der Waals surface area contributed by atoms with Crippen molar-refractivity contribution in [1.29, 1.82) is 0 Å². The summed E-state index contributed by atoms with van der Waals surface area (Å²) in [7, 11) is 0. The highest BCUT2D eigenvalue weighted by Crippen LogP contribution is 2.27. The molecule has 1 aliphatic rings. The molecule has 3 aromatic rings. The summed E-state index contributed by atoms with van der Waals surface area (Å²) in [6, 6.07) is 14.3. The van der Waals surface area contributed by atoms with Gasteiger partial charge in [-0.2, -0.15) is 0 Å². The van der Waals surface area contributed by atoms with Crippen LogP contribution >= 0.6 is 23.4 Å². The second kappa shape index (κ2) is 10.7. The summed E-state index contributed by atoms with van der Waals surface area (Å²) in [4.78, 5) is 21.7. The van der Waals surface area contributed by atoms with E-state index in [1.165, 1.54) is 11.1 Å². The van der Waals surface area contributed by atoms with Crippen LogP contribution in [0.1, 0.15) is 29.5 Å². The monoisotopic (exact) mass is 483 g/mol. The van der Waals surface area contributed by atoms with Gasteiger partial charge in [0.1, 0.15) is 5.76 Å². The zero-order valence-corrected chi connectivity index (χ0v) is 21.0. The number of carbonyl (C=O) groups excluding carboxylic acids is 1. The van der Waals surface area contributed by atoms with Gasteiger partial charge in [0.2, 0.25) is 11.8 Å². The molecule has 0 aliphatic carbocycles. The van der Waals surface area contributed by atoms with Crippen molar-refractivity contribution in [2.24, 2.45) is 0 Å². The van der Waals surface area contributed by atoms with Crippen LogP contribution in [0, 0.1) is 13.8 Å². The van der Waals surface area contributed by atoms with Crippen molar-refractivity contribution >= 4 is 35.0 Å². The molecule has 2 heterocycles. The van der Waals surface area contributed by atoms with Gasteiger partial charge >= 0.3 is 0 Å². The third-order valence-electron chi connectivity index (χ3n) is 6.11. The predicted octanol–water partition coefficient (Wildman–Crippen LogP) is 5.76. The quantitative estimate of drug-likeness (QED) is 0.428. The van der Waals surface area contributed by atoms with E-state index in [1.54, 1.807) is 11.8 Å². The van der Waals surface area contributed by atoms with Gasteiger partial charge in [0.15, 0.2) is 0 Å². The Morgan fingerprint density at radius 3 is 2.52 bits per heavy atom. The van der Waals surface area contributed by atoms with E-state index in [-0.39, 0.29) is 5.91 Å². The van der Waals surface area contributed by atoms with E-state index in [0.717, 1.165) is 60.3 Å². The molecule has 7 heteroatoms. The highest BCUT2D eigenvalue weighted by atomic mass is 35.5. The zero-order valence-electron chi connectivity index (χ0n) is 19.4. The number of hydrogen-bond acceptors (Lipinski definition) is 5. The Bertz CT molecular complexity index is 1110. The lowest BCUT2D eigenvalue weighted by molar-refractivity contribution is -0.128. The number of thioether (sulfide) groups is 1. The number of benzene rings is 2. The average Bonchev–Trinajstić information content (AvgIpc) is 3.21. The van der Waals surface area contributed by atoms with Crippen LogP contribution in [0.4, 0.5) is 5.69 Å². The molecule has 0 saturated carbocycles. The molecule has 0 bridgehead atoms. The molecule has 1 saturated heterocycles. The van der Waals surface area contributed by atoms with Crippen molar-refractivity contribution in [3.05, 3.63) is 70.1 Å². The number of aryl methyl sites for hydroxylation is 3. The van der Waals surface area contributed by atoms with Crippen molar-refractivity contribution in [3.8, 4) is 11.5 Å². The minimum atomic E-state index is 0.180. The Morgan fingerprint density at radius 2 is 1.82 bits per heavy atom. The number of anilines is 1. The third-order valence-corrected chi connectivity index (χ3v) is 7.27. The molecule has 1 aliphatic heterocycles. The van der Waals surface area contributed by atoms with Crippen LogP contribution in [0.3, 0.4) is 0 Å². The maximum absolute atomic E-state index is 12.7. The first-order valence-electron chi connectivity index (χ1n) is 11.4. The van der Waals surface area contributed by atoms with Crippen molar-refractivity contribution in [3.63, 3.8) is 0 Å². The smallest absolute Gasteiger partial charge is 0.232 e. The molecule has 1 fully saturated rings. The molecular formula is C26H30ClN3O2S. The lowest BCUT2D eigenvalue weighted by atomic mass is 10.1. The van der Waals surface area contributed by atoms with Gasteiger partial charge in [-0.1, -0.05) is 36.7 Å². The molecule has 0 N–H and O–H groups in total. The first-order chi connectivity index (χ1) is 15.9. The highest BCUT2D eigenvalue weighted by molar-refractivity contribution is 7.99. The van der Waals surface area contributed by atoms with Gasteiger partial charge in [-0.05, 0) is 55.7 Å². The Balaban J connectivity index is 1.27. The summed E-state index contributed by atoms with van der Waals surface area (Å²) in [6.07, 6.45) is 1.01. The largest absolute Gasteiger partial charge is 0.441 e. The van der Waals surface area contributed by atoms with Gasteiger partial charge in [-0.15, -0.1) is 11.8 Å². The van der Waals surface area contributed by atoms with E-state index in [1.807, 2.05) is 30.0 Å². The van der Waals surface area contributed by atoms with Crippen LogP contribution in [-0.2, 0) is 17.0 Å². The van der Waals surface area contributed by atoms with Crippen LogP contribution in [-0.4, -0.2) is 47.7 Å². The number of halogens is 1. The molecular weight excluding hydrogens is 454 g/mol. The zero-order chi connectivity index (χ0) is 23.4. The van der Waals surface area contributed by atoms with Gasteiger partial charge in [0.05, 0.1) is 11.4 Å². The lowest BCUT2D eigenvalue weighted by Crippen LogP contribution is -2.49. The molecule has 0 unspecified atom stereocenters. The summed E-state index contributed by atoms with van der Waals surface area (Å²) in [6.45, 7) is 9.27. The highest BCUT2D eigenvalue weighted by Gasteiger charge is 2.22. The maximum Gasteiger partial charge on any atom is 0.232 e. The fourth-order valence-electron chi connectivity index (χ4n) is 4.01. The second-order valence-corrected chi connectivity index (χ2v) is 9.79. The second-order valence-electron chi connectivity index (χ2n) is 8.36. The number of piperazine rings is 1. The fraction of sp³-hybridized carbons (Fsp3) is 0.385. The van der Waals surface area contributed by atoms with E-state index in [0.29, 0.717) is 17.4 Å². The van der Waals surface area contributed by atoms with E-state index in [2.05, 4.69) is 48.0 Å². The molecule has 5 nitrogen and oxygen atoms in total. The normalized spacial score (nSPS) is 14.1. The third kappa shape index (κ3) is 5.74. The first-order valence-corrected chi connectivity index (χ1v) is 12.9. The average molecular weight is 484 g/mol. The topological polar surface area (TPSA) is 49.6 Å². The van der Waals surface area contributed by atoms with Crippen LogP contribution < -0.4 is 4.90 Å². The van der Waals surface area contributed by atoms with Crippen molar-refractivity contribution in [2.75, 3.05) is 36.8 Å². The van der Waals surface area contributed by atoms with Crippen LogP contribution in [0.5, 0.6) is 0 Å². The molecule has 0 atom stereocenters. The Hall–Kier alpha value is -2.44. The number of aromatic nitrogens is 1. The van der Waals surface area contributed by atoms with Crippen LogP contribution in [0.25, 0.3) is 11.5 Å². The Kier molecular flexibility index (Phi) is 7.66. The molecule has 2 aromatic carbocycles. The molecule has 1 amide bonds. The van der Waals surface area contributed by atoms with E-state index in [9.17, 15) is 4.79 Å². The lowest BCUT2D eigenvalue weighted by Gasteiger charge is -2.37. The first kappa shape index (κ1) is 23.7. The molecule has 1 aromatic heterocycles. The van der Waals surface area contributed by atoms with Crippen LogP contribution in [0.15, 0.2) is 46.9 Å². The minimum Gasteiger partial charge on any atom is -0.441 e. The molecule has 174 valence electrons. The predicted molar refractivity (Wildman–Crippen MR) is 137 cm³/mol. The fourth-order valence-corrected chi connectivity index (χ4v) is 5.10. The van der Waals surface area contributed by atoms with Gasteiger partial charge < -0.3 is 14.2 Å². The standard InChI is InChI=1S/C26H30ClN3O2S/c1-4-20-6-8-21(9-7-20)26-28-23(19(3)32-26)16-33-17-25(31)30-13-11-29(12-14-30)24-15-22(27)10-5-18(24)2/h5-10,15H,4,11-14,16-17H2,1-3H3. The van der Waals surface area contributed by atoms with E-state index >= 15 is 0 Å². The SMILES string of the molecule is CCc1ccc(-c2nc(CSCC(=O)N3CCN(c4cc(Cl)ccc4C)CC3)c(C)o2)cc1. The number of rotatable bonds is 7. The van der Waals surface area contributed by atoms with Crippen molar-refractivity contribution < 1.29 is 9.21 Å². The molecule has 33 heavy (non-hydrogen) atoms. The summed E-state index contributed by atoms with van der Waals surface area (Å²) in [5.74, 6) is 2.75. The summed E-state index contributed by atoms with van der Waals surface area (Å²) >= 11 is 7.77. The van der Waals surface area contributed by atoms with Crippen molar-refractivity contribution in [2.45, 2.75) is 32.9 Å². The maximum atomic E-state index is 12.7. The summed E-state index contributed by atoms with van der Waals surface area (Å²) in [5.41, 5.74) is 5.54. The Morgan fingerprint density at radius 1 is 1.09 bits per heavy atom. The minimum absolute atomic E-state index is 0.180. The number of hydrogen-bond donors (Lipinski definition) is 0. The Labute approximate surface area is 205 Å². The van der Waals surface area contributed by atoms with Gasteiger partial charge in [0.25, 0.3) is 0 Å². The van der Waals surface area contributed by atoms with Gasteiger partial charge in [0, 0.05) is 48.2 Å². The molecule has 0 spiro atoms. The van der Waals surface area contributed by atoms with E-state index in [4.69, 9.17) is 16.0 Å². The number of carbonyl (C=O) groups is 1. The summed E-state index contributed by atoms with van der Waals surface area (Å²) in [5, 5.41) is 0.745. The van der Waals surface area contributed by atoms with Crippen molar-refractivity contribution in [1.82, 2.24) is 9.88 Å². The molecule has 4 rings (SSSR count). The van der Waals surface area contributed by atoms with E-state index < -0.39 is 0 Å². The van der Waals surface area contributed by atoms with Crippen LogP contribution in [0.2, 0.25) is 5.02 Å². The number of amides is 1. The van der Waals surface area contributed by atoms with Gasteiger partial charge in [-0.3, -0.25) is 4.79 Å². The van der Waals surface area contributed by atoms with Gasteiger partial charge in [-0.25, -0.2) is 4.98 Å².